The van der Waals surface area contributed by atoms with Crippen molar-refractivity contribution in [1.82, 2.24) is 5.32 Å². The maximum atomic E-state index is 13.8. The first kappa shape index (κ1) is 14.4. The highest BCUT2D eigenvalue weighted by Gasteiger charge is 2.41. The number of hydrogen-bond donors (Lipinski definition) is 2. The highest BCUT2D eigenvalue weighted by atomic mass is 19.1. The van der Waals surface area contributed by atoms with Crippen LogP contribution in [0.3, 0.4) is 0 Å². The third kappa shape index (κ3) is 3.31. The van der Waals surface area contributed by atoms with Crippen molar-refractivity contribution in [1.29, 1.82) is 0 Å². The summed E-state index contributed by atoms with van der Waals surface area (Å²) in [6.45, 7) is 5.98. The Hall–Kier alpha value is -1.00. The molecule has 0 heterocycles. The Morgan fingerprint density at radius 2 is 2.00 bits per heavy atom. The molecule has 1 aliphatic rings. The van der Waals surface area contributed by atoms with Crippen LogP contribution in [0.2, 0.25) is 0 Å². The molecule has 0 aromatic heterocycles. The monoisotopic (exact) mass is 268 g/mol. The van der Waals surface area contributed by atoms with Crippen molar-refractivity contribution in [2.45, 2.75) is 32.1 Å². The summed E-state index contributed by atoms with van der Waals surface area (Å²) in [5.41, 5.74) is 5.94. The maximum absolute atomic E-state index is 13.8. The van der Waals surface area contributed by atoms with Crippen molar-refractivity contribution >= 4 is 0 Å². The van der Waals surface area contributed by atoms with Crippen LogP contribution in [0.1, 0.15) is 32.3 Å². The molecule has 1 aliphatic carbocycles. The summed E-state index contributed by atoms with van der Waals surface area (Å²) in [6.07, 6.45) is 2.32. The number of rotatable bonds is 6. The van der Waals surface area contributed by atoms with Crippen molar-refractivity contribution < 1.29 is 8.78 Å². The first-order valence-corrected chi connectivity index (χ1v) is 6.75. The Balaban J connectivity index is 1.99. The Morgan fingerprint density at radius 1 is 1.32 bits per heavy atom. The molecule has 1 saturated carbocycles. The van der Waals surface area contributed by atoms with E-state index in [2.05, 4.69) is 5.32 Å². The zero-order chi connectivity index (χ0) is 14.1. The van der Waals surface area contributed by atoms with Gasteiger partial charge in [0.15, 0.2) is 0 Å². The smallest absolute Gasteiger partial charge is 0.127 e. The summed E-state index contributed by atoms with van der Waals surface area (Å²) in [6, 6.07) is 3.62. The van der Waals surface area contributed by atoms with Crippen LogP contribution in [0.5, 0.6) is 0 Å². The second kappa shape index (κ2) is 5.17. The molecule has 0 radical (unpaired) electrons. The molecular formula is C15H22F2N2. The van der Waals surface area contributed by atoms with E-state index in [1.807, 2.05) is 13.8 Å². The molecule has 0 spiro atoms. The molecule has 1 fully saturated rings. The van der Waals surface area contributed by atoms with Crippen LogP contribution >= 0.6 is 0 Å². The highest BCUT2D eigenvalue weighted by Crippen LogP contribution is 2.43. The number of halogens is 2. The Kier molecular flexibility index (Phi) is 3.92. The van der Waals surface area contributed by atoms with Crippen molar-refractivity contribution in [3.8, 4) is 0 Å². The van der Waals surface area contributed by atoms with E-state index in [1.54, 1.807) is 0 Å². The van der Waals surface area contributed by atoms with E-state index in [1.165, 1.54) is 12.1 Å². The van der Waals surface area contributed by atoms with E-state index in [4.69, 9.17) is 5.73 Å². The van der Waals surface area contributed by atoms with Gasteiger partial charge in [-0.3, -0.25) is 0 Å². The molecule has 1 aromatic rings. The molecule has 19 heavy (non-hydrogen) atoms. The number of nitrogens with two attached hydrogens (primary N) is 1. The lowest BCUT2D eigenvalue weighted by molar-refractivity contribution is 0.398. The molecule has 0 bridgehead atoms. The van der Waals surface area contributed by atoms with Gasteiger partial charge >= 0.3 is 0 Å². The molecule has 0 aliphatic heterocycles. The SMILES string of the molecule is CC(C)(CNCC1(CN)CC1)c1cc(F)ccc1F. The van der Waals surface area contributed by atoms with Crippen LogP contribution in [0.4, 0.5) is 8.78 Å². The number of hydrogen-bond acceptors (Lipinski definition) is 2. The molecule has 2 nitrogen and oxygen atoms in total. The van der Waals surface area contributed by atoms with Crippen molar-refractivity contribution in [2.24, 2.45) is 11.1 Å². The highest BCUT2D eigenvalue weighted by molar-refractivity contribution is 5.26. The molecule has 1 aromatic carbocycles. The maximum Gasteiger partial charge on any atom is 0.127 e. The lowest BCUT2D eigenvalue weighted by atomic mass is 9.84. The fraction of sp³-hybridized carbons (Fsp3) is 0.600. The molecule has 0 atom stereocenters. The Bertz CT molecular complexity index is 453. The number of nitrogens with one attached hydrogen (secondary N) is 1. The van der Waals surface area contributed by atoms with Gasteiger partial charge in [-0.1, -0.05) is 13.8 Å². The lowest BCUT2D eigenvalue weighted by Gasteiger charge is -2.27. The standard InChI is InChI=1S/C15H22F2N2/c1-14(2,9-19-10-15(8-18)5-6-15)12-7-11(16)3-4-13(12)17/h3-4,7,19H,5-6,8-10,18H2,1-2H3. The minimum Gasteiger partial charge on any atom is -0.330 e. The predicted octanol–water partition coefficient (Wildman–Crippen LogP) is 2.57. The molecule has 4 heteroatoms. The molecular weight excluding hydrogens is 246 g/mol. The van der Waals surface area contributed by atoms with Gasteiger partial charge in [-0.05, 0) is 48.6 Å². The quantitative estimate of drug-likeness (QED) is 0.832. The van der Waals surface area contributed by atoms with E-state index in [9.17, 15) is 8.78 Å². The van der Waals surface area contributed by atoms with Crippen molar-refractivity contribution in [3.05, 3.63) is 35.4 Å². The number of benzene rings is 1. The average Bonchev–Trinajstić information content (AvgIpc) is 3.12. The van der Waals surface area contributed by atoms with Gasteiger partial charge in [-0.25, -0.2) is 8.78 Å². The molecule has 2 rings (SSSR count). The largest absolute Gasteiger partial charge is 0.330 e. The predicted molar refractivity (Wildman–Crippen MR) is 73.0 cm³/mol. The van der Waals surface area contributed by atoms with E-state index in [-0.39, 0.29) is 11.2 Å². The first-order valence-electron chi connectivity index (χ1n) is 6.75. The summed E-state index contributed by atoms with van der Waals surface area (Å²) in [5.74, 6) is -0.752. The molecule has 0 saturated heterocycles. The second-order valence-electron chi connectivity index (χ2n) is 6.32. The van der Waals surface area contributed by atoms with Gasteiger partial charge in [-0.2, -0.15) is 0 Å². The van der Waals surface area contributed by atoms with Crippen LogP contribution in [0, 0.1) is 17.0 Å². The fourth-order valence-electron chi connectivity index (χ4n) is 2.38. The molecule has 0 amide bonds. The zero-order valence-electron chi connectivity index (χ0n) is 11.6. The zero-order valence-corrected chi connectivity index (χ0v) is 11.6. The van der Waals surface area contributed by atoms with E-state index < -0.39 is 11.2 Å². The summed E-state index contributed by atoms with van der Waals surface area (Å²) in [4.78, 5) is 0. The van der Waals surface area contributed by atoms with E-state index >= 15 is 0 Å². The van der Waals surface area contributed by atoms with Crippen molar-refractivity contribution in [2.75, 3.05) is 19.6 Å². The second-order valence-corrected chi connectivity index (χ2v) is 6.32. The summed E-state index contributed by atoms with van der Waals surface area (Å²) in [7, 11) is 0. The van der Waals surface area contributed by atoms with Crippen LogP contribution in [-0.4, -0.2) is 19.6 Å². The van der Waals surface area contributed by atoms with Crippen LogP contribution < -0.4 is 11.1 Å². The van der Waals surface area contributed by atoms with Gasteiger partial charge in [0.1, 0.15) is 11.6 Å². The minimum absolute atomic E-state index is 0.247. The normalized spacial score (nSPS) is 17.5. The Morgan fingerprint density at radius 3 is 2.58 bits per heavy atom. The average molecular weight is 268 g/mol. The fourth-order valence-corrected chi connectivity index (χ4v) is 2.38. The van der Waals surface area contributed by atoms with Gasteiger partial charge in [0.2, 0.25) is 0 Å². The van der Waals surface area contributed by atoms with Crippen LogP contribution in [-0.2, 0) is 5.41 Å². The summed E-state index contributed by atoms with van der Waals surface area (Å²) in [5, 5.41) is 3.36. The van der Waals surface area contributed by atoms with E-state index in [0.29, 0.717) is 18.7 Å². The summed E-state index contributed by atoms with van der Waals surface area (Å²) < 4.78 is 27.0. The van der Waals surface area contributed by atoms with E-state index in [0.717, 1.165) is 25.5 Å². The van der Waals surface area contributed by atoms with Crippen molar-refractivity contribution in [3.63, 3.8) is 0 Å². The third-order valence-electron chi connectivity index (χ3n) is 4.11. The van der Waals surface area contributed by atoms with Gasteiger partial charge < -0.3 is 11.1 Å². The topological polar surface area (TPSA) is 38.0 Å². The van der Waals surface area contributed by atoms with Crippen LogP contribution in [0.25, 0.3) is 0 Å². The van der Waals surface area contributed by atoms with Gasteiger partial charge in [0, 0.05) is 18.5 Å². The minimum atomic E-state index is -0.448. The Labute approximate surface area is 113 Å². The third-order valence-corrected chi connectivity index (χ3v) is 4.11. The van der Waals surface area contributed by atoms with Gasteiger partial charge in [-0.15, -0.1) is 0 Å². The van der Waals surface area contributed by atoms with Gasteiger partial charge in [0.25, 0.3) is 0 Å². The molecule has 0 unspecified atom stereocenters. The lowest BCUT2D eigenvalue weighted by Crippen LogP contribution is -2.38. The molecule has 3 N–H and O–H groups in total. The summed E-state index contributed by atoms with van der Waals surface area (Å²) >= 11 is 0. The first-order chi connectivity index (χ1) is 8.88. The van der Waals surface area contributed by atoms with Crippen LogP contribution in [0.15, 0.2) is 18.2 Å². The molecule has 106 valence electrons. The van der Waals surface area contributed by atoms with Gasteiger partial charge in [0.05, 0.1) is 0 Å².